The number of halogens is 3. The topological polar surface area (TPSA) is 85.0 Å². The van der Waals surface area contributed by atoms with Gasteiger partial charge in [-0.3, -0.25) is 14.0 Å². The lowest BCUT2D eigenvalue weighted by molar-refractivity contribution is -0.0235. The van der Waals surface area contributed by atoms with Crippen LogP contribution in [-0.2, 0) is 6.54 Å². The Morgan fingerprint density at radius 1 is 1.24 bits per heavy atom. The van der Waals surface area contributed by atoms with Crippen LogP contribution in [0.3, 0.4) is 0 Å². The Hall–Kier alpha value is -3.30. The second-order valence-corrected chi connectivity index (χ2v) is 8.97. The quantitative estimate of drug-likeness (QED) is 0.461. The molecule has 1 aliphatic rings. The first-order valence-electron chi connectivity index (χ1n) is 10.4. The second kappa shape index (κ2) is 7.93. The Morgan fingerprint density at radius 2 is 1.97 bits per heavy atom. The van der Waals surface area contributed by atoms with Crippen LogP contribution in [0.1, 0.15) is 25.3 Å². The van der Waals surface area contributed by atoms with E-state index in [1.54, 1.807) is 25.3 Å². The number of rotatable bonds is 5. The number of anilines is 1. The van der Waals surface area contributed by atoms with Crippen LogP contribution < -0.4 is 10.9 Å². The predicted molar refractivity (Wildman–Crippen MR) is 121 cm³/mol. The molecule has 3 heterocycles. The largest absolute Gasteiger partial charge is 0.390 e. The number of benzene rings is 1. The molecular formula is C23H20ClF2N5O2. The summed E-state index contributed by atoms with van der Waals surface area (Å²) >= 11 is 6.34. The van der Waals surface area contributed by atoms with E-state index in [0.717, 1.165) is 0 Å². The number of fused-ring (bicyclic) bond motifs is 1. The highest BCUT2D eigenvalue weighted by atomic mass is 35.5. The van der Waals surface area contributed by atoms with Crippen LogP contribution in [0.2, 0.25) is 5.02 Å². The molecule has 0 bridgehead atoms. The molecule has 4 aromatic rings. The number of nitrogens with one attached hydrogen (secondary N) is 1. The van der Waals surface area contributed by atoms with Crippen molar-refractivity contribution in [1.29, 1.82) is 0 Å². The fourth-order valence-electron chi connectivity index (χ4n) is 4.23. The summed E-state index contributed by atoms with van der Waals surface area (Å²) in [5.74, 6) is -0.820. The normalized spacial score (nSPS) is 20.1. The highest BCUT2D eigenvalue weighted by molar-refractivity contribution is 6.32. The van der Waals surface area contributed by atoms with Crippen molar-refractivity contribution in [3.63, 3.8) is 0 Å². The molecular weight excluding hydrogens is 452 g/mol. The molecule has 170 valence electrons. The predicted octanol–water partition coefficient (Wildman–Crippen LogP) is 3.89. The molecule has 0 aliphatic heterocycles. The number of hydrogen-bond donors (Lipinski definition) is 2. The highest BCUT2D eigenvalue weighted by Gasteiger charge is 2.38. The molecule has 1 fully saturated rings. The van der Waals surface area contributed by atoms with Gasteiger partial charge in [0.2, 0.25) is 0 Å². The summed E-state index contributed by atoms with van der Waals surface area (Å²) < 4.78 is 30.9. The van der Waals surface area contributed by atoms with Crippen molar-refractivity contribution in [2.45, 2.75) is 38.0 Å². The molecule has 1 saturated carbocycles. The van der Waals surface area contributed by atoms with Gasteiger partial charge in [0.15, 0.2) is 0 Å². The molecule has 10 heteroatoms. The van der Waals surface area contributed by atoms with Crippen molar-refractivity contribution in [1.82, 2.24) is 19.3 Å². The average Bonchev–Trinajstić information content (AvgIpc) is 3.15. The molecule has 0 spiro atoms. The molecule has 3 aromatic heterocycles. The lowest BCUT2D eigenvalue weighted by Gasteiger charge is -2.41. The fourth-order valence-corrected chi connectivity index (χ4v) is 4.43. The minimum absolute atomic E-state index is 0.0812. The molecule has 0 amide bonds. The van der Waals surface area contributed by atoms with E-state index in [9.17, 15) is 18.7 Å². The van der Waals surface area contributed by atoms with E-state index in [0.29, 0.717) is 29.9 Å². The van der Waals surface area contributed by atoms with Crippen LogP contribution in [0.15, 0.2) is 53.7 Å². The van der Waals surface area contributed by atoms with Crippen molar-refractivity contribution in [3.05, 3.63) is 81.5 Å². The summed E-state index contributed by atoms with van der Waals surface area (Å²) in [6.45, 7) is 1.63. The van der Waals surface area contributed by atoms with E-state index in [1.165, 1.54) is 39.8 Å². The van der Waals surface area contributed by atoms with Crippen LogP contribution in [0.25, 0.3) is 16.6 Å². The molecule has 0 atom stereocenters. The van der Waals surface area contributed by atoms with E-state index < -0.39 is 17.2 Å². The minimum Gasteiger partial charge on any atom is -0.390 e. The number of aliphatic hydroxyl groups is 1. The first kappa shape index (κ1) is 21.5. The first-order valence-corrected chi connectivity index (χ1v) is 10.7. The van der Waals surface area contributed by atoms with Gasteiger partial charge in [0, 0.05) is 23.9 Å². The van der Waals surface area contributed by atoms with Gasteiger partial charge in [-0.15, -0.1) is 0 Å². The number of hydrogen-bond acceptors (Lipinski definition) is 5. The van der Waals surface area contributed by atoms with Crippen molar-refractivity contribution >= 4 is 28.3 Å². The highest BCUT2D eigenvalue weighted by Crippen LogP contribution is 2.34. The maximum Gasteiger partial charge on any atom is 0.266 e. The van der Waals surface area contributed by atoms with Crippen molar-refractivity contribution in [2.24, 2.45) is 0 Å². The Balaban J connectivity index is 1.48. The van der Waals surface area contributed by atoms with Crippen LogP contribution >= 0.6 is 11.6 Å². The van der Waals surface area contributed by atoms with Crippen LogP contribution in [0.5, 0.6) is 0 Å². The summed E-state index contributed by atoms with van der Waals surface area (Å²) in [5.41, 5.74) is -0.312. The zero-order valence-electron chi connectivity index (χ0n) is 17.6. The van der Waals surface area contributed by atoms with Gasteiger partial charge >= 0.3 is 0 Å². The van der Waals surface area contributed by atoms with Gasteiger partial charge in [0.1, 0.15) is 17.5 Å². The molecule has 0 radical (unpaired) electrons. The van der Waals surface area contributed by atoms with Gasteiger partial charge in [0.05, 0.1) is 46.2 Å². The molecule has 7 nitrogen and oxygen atoms in total. The number of nitrogens with zero attached hydrogens (tertiary/aromatic N) is 4. The Bertz CT molecular complexity index is 1400. The van der Waals surface area contributed by atoms with Gasteiger partial charge < -0.3 is 10.4 Å². The monoisotopic (exact) mass is 471 g/mol. The third-order valence-corrected chi connectivity index (χ3v) is 6.19. The van der Waals surface area contributed by atoms with E-state index in [1.807, 2.05) is 0 Å². The SMILES string of the molecule is CC1(O)CC(Nc2cc(-n3ccc4c(cnn4Cc4c(F)cccc4F)c3=O)c(Cl)cn2)C1. The first-order chi connectivity index (χ1) is 15.7. The average molecular weight is 472 g/mol. The van der Waals surface area contributed by atoms with E-state index in [4.69, 9.17) is 11.6 Å². The van der Waals surface area contributed by atoms with Gasteiger partial charge in [0.25, 0.3) is 5.56 Å². The molecule has 0 unspecified atom stereocenters. The molecule has 33 heavy (non-hydrogen) atoms. The lowest BCUT2D eigenvalue weighted by Crippen LogP contribution is -2.48. The maximum atomic E-state index is 14.1. The fraction of sp³-hybridized carbons (Fsp3) is 0.261. The Kier molecular flexibility index (Phi) is 5.18. The van der Waals surface area contributed by atoms with Crippen LogP contribution in [0.4, 0.5) is 14.6 Å². The van der Waals surface area contributed by atoms with Gasteiger partial charge in [-0.1, -0.05) is 17.7 Å². The number of pyridine rings is 2. The Labute approximate surface area is 192 Å². The summed E-state index contributed by atoms with van der Waals surface area (Å²) in [7, 11) is 0. The molecule has 1 aliphatic carbocycles. The van der Waals surface area contributed by atoms with Gasteiger partial charge in [-0.2, -0.15) is 5.10 Å². The standard InChI is InChI=1S/C23H20ClF2N5O2/c1-23(33)8-13(9-23)29-21-7-20(16(24)11-27-21)30-6-5-19-14(22(30)32)10-28-31(19)12-15-17(25)3-2-4-18(15)26/h2-7,10-11,13,33H,8-9,12H2,1H3,(H,27,29). The van der Waals surface area contributed by atoms with E-state index >= 15 is 0 Å². The second-order valence-electron chi connectivity index (χ2n) is 8.56. The van der Waals surface area contributed by atoms with Crippen LogP contribution in [-0.4, -0.2) is 36.1 Å². The molecule has 0 saturated heterocycles. The molecule has 5 rings (SSSR count). The van der Waals surface area contributed by atoms with Gasteiger partial charge in [-0.05, 0) is 38.0 Å². The zero-order valence-corrected chi connectivity index (χ0v) is 18.4. The lowest BCUT2D eigenvalue weighted by atomic mass is 9.77. The zero-order chi connectivity index (χ0) is 23.3. The third-order valence-electron chi connectivity index (χ3n) is 5.90. The van der Waals surface area contributed by atoms with Gasteiger partial charge in [-0.25, -0.2) is 13.8 Å². The van der Waals surface area contributed by atoms with E-state index in [-0.39, 0.29) is 34.1 Å². The summed E-state index contributed by atoms with van der Waals surface area (Å²) in [5, 5.41) is 17.9. The summed E-state index contributed by atoms with van der Waals surface area (Å²) in [6.07, 6.45) is 5.56. The molecule has 2 N–H and O–H groups in total. The third kappa shape index (κ3) is 3.98. The number of aromatic nitrogens is 4. The van der Waals surface area contributed by atoms with Crippen molar-refractivity contribution in [2.75, 3.05) is 5.32 Å². The molecule has 1 aromatic carbocycles. The summed E-state index contributed by atoms with van der Waals surface area (Å²) in [4.78, 5) is 17.5. The summed E-state index contributed by atoms with van der Waals surface area (Å²) in [6, 6.07) is 7.05. The smallest absolute Gasteiger partial charge is 0.266 e. The maximum absolute atomic E-state index is 14.1. The minimum atomic E-state index is -0.680. The van der Waals surface area contributed by atoms with Crippen LogP contribution in [0, 0.1) is 11.6 Å². The Morgan fingerprint density at radius 3 is 2.67 bits per heavy atom. The van der Waals surface area contributed by atoms with E-state index in [2.05, 4.69) is 15.4 Å². The van der Waals surface area contributed by atoms with Crippen molar-refractivity contribution < 1.29 is 13.9 Å². The van der Waals surface area contributed by atoms with Crippen molar-refractivity contribution in [3.8, 4) is 5.69 Å².